The monoisotopic (exact) mass is 482 g/mol. The number of nitriles is 1. The number of hydrogen-bond acceptors (Lipinski definition) is 6. The van der Waals surface area contributed by atoms with Gasteiger partial charge in [-0.25, -0.2) is 14.3 Å². The molecule has 4 aromatic rings. The lowest BCUT2D eigenvalue weighted by Crippen LogP contribution is -2.46. The van der Waals surface area contributed by atoms with E-state index in [2.05, 4.69) is 27.2 Å². The summed E-state index contributed by atoms with van der Waals surface area (Å²) < 4.78 is 3.50. The molecule has 6 rings (SSSR count). The van der Waals surface area contributed by atoms with Gasteiger partial charge in [0.05, 0.1) is 23.5 Å². The number of rotatable bonds is 3. The molecule has 0 aliphatic carbocycles. The molecular formula is C26H26N8O2. The molecule has 1 unspecified atom stereocenters. The highest BCUT2D eigenvalue weighted by Gasteiger charge is 2.42. The molecule has 1 amide bonds. The van der Waals surface area contributed by atoms with Gasteiger partial charge in [-0.2, -0.15) is 15.5 Å². The largest absolute Gasteiger partial charge is 0.465 e. The van der Waals surface area contributed by atoms with Gasteiger partial charge in [0.25, 0.3) is 0 Å². The van der Waals surface area contributed by atoms with Crippen LogP contribution in [0.25, 0.3) is 27.8 Å². The van der Waals surface area contributed by atoms with Crippen LogP contribution >= 0.6 is 0 Å². The second-order valence-corrected chi connectivity index (χ2v) is 9.89. The van der Waals surface area contributed by atoms with Crippen molar-refractivity contribution in [2.24, 2.45) is 12.5 Å². The average Bonchev–Trinajstić information content (AvgIpc) is 3.62. The number of pyridine rings is 2. The SMILES string of the molecule is Cn1cc(-c2cc(-c3ccc(N4CCC5(CCCN(C(=O)O)C5)C4)nc3)c3c(C#N)cnn3c2)cn1. The quantitative estimate of drug-likeness (QED) is 0.474. The van der Waals surface area contributed by atoms with Gasteiger partial charge >= 0.3 is 6.09 Å². The molecule has 36 heavy (non-hydrogen) atoms. The van der Waals surface area contributed by atoms with Crippen LogP contribution in [0.1, 0.15) is 24.8 Å². The van der Waals surface area contributed by atoms with Gasteiger partial charge in [-0.05, 0) is 37.5 Å². The van der Waals surface area contributed by atoms with Crippen molar-refractivity contribution in [1.82, 2.24) is 29.3 Å². The van der Waals surface area contributed by atoms with E-state index in [1.54, 1.807) is 26.5 Å². The van der Waals surface area contributed by atoms with Crippen molar-refractivity contribution in [3.8, 4) is 28.3 Å². The molecular weight excluding hydrogens is 456 g/mol. The molecule has 4 aromatic heterocycles. The summed E-state index contributed by atoms with van der Waals surface area (Å²) in [5, 5.41) is 27.8. The van der Waals surface area contributed by atoms with Crippen molar-refractivity contribution in [2.45, 2.75) is 19.3 Å². The number of aromatic nitrogens is 5. The fourth-order valence-corrected chi connectivity index (χ4v) is 5.72. The lowest BCUT2D eigenvalue weighted by molar-refractivity contribution is 0.0879. The maximum Gasteiger partial charge on any atom is 0.407 e. The minimum atomic E-state index is -0.827. The van der Waals surface area contributed by atoms with Crippen LogP contribution in [-0.2, 0) is 7.05 Å². The number of fused-ring (bicyclic) bond motifs is 1. The van der Waals surface area contributed by atoms with E-state index in [-0.39, 0.29) is 5.41 Å². The summed E-state index contributed by atoms with van der Waals surface area (Å²) in [6, 6.07) is 8.36. The number of anilines is 1. The van der Waals surface area contributed by atoms with E-state index < -0.39 is 6.09 Å². The van der Waals surface area contributed by atoms with E-state index >= 15 is 0 Å². The first-order valence-corrected chi connectivity index (χ1v) is 12.0. The van der Waals surface area contributed by atoms with Gasteiger partial charge in [-0.3, -0.25) is 4.68 Å². The summed E-state index contributed by atoms with van der Waals surface area (Å²) in [6.07, 6.45) is 11.2. The molecule has 2 aliphatic heterocycles. The van der Waals surface area contributed by atoms with Crippen molar-refractivity contribution >= 4 is 17.4 Å². The Bertz CT molecular complexity index is 1500. The molecule has 6 heterocycles. The van der Waals surface area contributed by atoms with E-state index in [4.69, 9.17) is 4.98 Å². The smallest absolute Gasteiger partial charge is 0.407 e. The first kappa shape index (κ1) is 22.1. The summed E-state index contributed by atoms with van der Waals surface area (Å²) in [4.78, 5) is 20.1. The van der Waals surface area contributed by atoms with Gasteiger partial charge in [-0.15, -0.1) is 0 Å². The zero-order valence-corrected chi connectivity index (χ0v) is 20.0. The number of aryl methyl sites for hydroxylation is 1. The Morgan fingerprint density at radius 2 is 1.94 bits per heavy atom. The first-order valence-electron chi connectivity index (χ1n) is 12.0. The van der Waals surface area contributed by atoms with Crippen molar-refractivity contribution in [3.63, 3.8) is 0 Å². The lowest BCUT2D eigenvalue weighted by Gasteiger charge is -2.39. The van der Waals surface area contributed by atoms with Crippen molar-refractivity contribution in [3.05, 3.63) is 54.7 Å². The second kappa shape index (κ2) is 8.37. The van der Waals surface area contributed by atoms with Crippen LogP contribution in [0.15, 0.2) is 49.2 Å². The Morgan fingerprint density at radius 1 is 1.06 bits per heavy atom. The number of amides is 1. The summed E-state index contributed by atoms with van der Waals surface area (Å²) in [5.74, 6) is 0.886. The highest BCUT2D eigenvalue weighted by molar-refractivity contribution is 5.87. The minimum absolute atomic E-state index is 0.000497. The van der Waals surface area contributed by atoms with Gasteiger partial charge in [0.2, 0.25) is 0 Å². The summed E-state index contributed by atoms with van der Waals surface area (Å²) in [7, 11) is 1.88. The number of hydrogen-bond donors (Lipinski definition) is 1. The number of piperidine rings is 1. The summed E-state index contributed by atoms with van der Waals surface area (Å²) in [5.41, 5.74) is 4.94. The number of nitrogens with zero attached hydrogens (tertiary/aromatic N) is 8. The second-order valence-electron chi connectivity index (χ2n) is 9.89. The Kier molecular flexibility index (Phi) is 5.14. The third kappa shape index (κ3) is 3.73. The molecule has 182 valence electrons. The molecule has 2 saturated heterocycles. The standard InChI is InChI=1S/C26H26N8O2/c1-31-14-21(13-29-31)19-9-22(24-20(10-27)12-30-34(24)15-19)18-3-4-23(28-11-18)32-8-6-26(16-32)5-2-7-33(17-26)25(35)36/h3-4,9,11-15H,2,5-8,16-17H2,1H3,(H,35,36). The predicted molar refractivity (Wildman–Crippen MR) is 133 cm³/mol. The van der Waals surface area contributed by atoms with Crippen molar-refractivity contribution in [2.75, 3.05) is 31.1 Å². The van der Waals surface area contributed by atoms with E-state index in [1.165, 1.54) is 0 Å². The third-order valence-electron chi connectivity index (χ3n) is 7.52. The van der Waals surface area contributed by atoms with Gasteiger partial charge in [0, 0.05) is 79.5 Å². The Hall–Kier alpha value is -4.39. The van der Waals surface area contributed by atoms with Crippen LogP contribution in [0.4, 0.5) is 10.6 Å². The molecule has 1 spiro atoms. The van der Waals surface area contributed by atoms with E-state index in [0.717, 1.165) is 65.9 Å². The average molecular weight is 483 g/mol. The topological polar surface area (TPSA) is 116 Å². The van der Waals surface area contributed by atoms with Crippen LogP contribution in [0.5, 0.6) is 0 Å². The highest BCUT2D eigenvalue weighted by atomic mass is 16.4. The molecule has 0 bridgehead atoms. The minimum Gasteiger partial charge on any atom is -0.465 e. The fourth-order valence-electron chi connectivity index (χ4n) is 5.72. The van der Waals surface area contributed by atoms with Crippen LogP contribution in [-0.4, -0.2) is 66.7 Å². The van der Waals surface area contributed by atoms with Crippen LogP contribution in [0.3, 0.4) is 0 Å². The molecule has 1 atom stereocenters. The summed E-state index contributed by atoms with van der Waals surface area (Å²) in [6.45, 7) is 2.89. The number of likely N-dealkylation sites (tertiary alicyclic amines) is 1. The molecule has 2 aliphatic rings. The lowest BCUT2D eigenvalue weighted by atomic mass is 9.79. The predicted octanol–water partition coefficient (Wildman–Crippen LogP) is 3.64. The Morgan fingerprint density at radius 3 is 2.67 bits per heavy atom. The number of carboxylic acid groups (broad SMARTS) is 1. The Balaban J connectivity index is 1.32. The Labute approximate surface area is 208 Å². The molecule has 10 heteroatoms. The zero-order chi connectivity index (χ0) is 24.9. The molecule has 0 radical (unpaired) electrons. The highest BCUT2D eigenvalue weighted by Crippen LogP contribution is 2.40. The van der Waals surface area contributed by atoms with Crippen LogP contribution < -0.4 is 4.90 Å². The first-order chi connectivity index (χ1) is 17.4. The molecule has 10 nitrogen and oxygen atoms in total. The molecule has 2 fully saturated rings. The maximum atomic E-state index is 11.5. The van der Waals surface area contributed by atoms with Gasteiger partial charge < -0.3 is 14.9 Å². The normalized spacial score (nSPS) is 19.8. The van der Waals surface area contributed by atoms with Gasteiger partial charge in [-0.1, -0.05) is 0 Å². The van der Waals surface area contributed by atoms with E-state index in [9.17, 15) is 15.2 Å². The van der Waals surface area contributed by atoms with E-state index in [0.29, 0.717) is 18.7 Å². The molecule has 0 aromatic carbocycles. The third-order valence-corrected chi connectivity index (χ3v) is 7.52. The fraction of sp³-hybridized carbons (Fsp3) is 0.346. The van der Waals surface area contributed by atoms with Crippen LogP contribution in [0.2, 0.25) is 0 Å². The van der Waals surface area contributed by atoms with Gasteiger partial charge in [0.15, 0.2) is 0 Å². The van der Waals surface area contributed by atoms with Gasteiger partial charge in [0.1, 0.15) is 11.9 Å². The van der Waals surface area contributed by atoms with Crippen molar-refractivity contribution in [1.29, 1.82) is 5.26 Å². The maximum absolute atomic E-state index is 11.5. The summed E-state index contributed by atoms with van der Waals surface area (Å²) >= 11 is 0. The molecule has 0 saturated carbocycles. The number of carbonyl (C=O) groups is 1. The zero-order valence-electron chi connectivity index (χ0n) is 20.0. The van der Waals surface area contributed by atoms with Crippen molar-refractivity contribution < 1.29 is 9.90 Å². The molecule has 1 N–H and O–H groups in total. The van der Waals surface area contributed by atoms with E-state index in [1.807, 2.05) is 37.8 Å². The van der Waals surface area contributed by atoms with Crippen LogP contribution in [0, 0.1) is 16.7 Å².